The van der Waals surface area contributed by atoms with Crippen molar-refractivity contribution in [2.75, 3.05) is 20.1 Å². The normalized spacial score (nSPS) is 18.4. The van der Waals surface area contributed by atoms with E-state index in [0.717, 1.165) is 19.4 Å². The van der Waals surface area contributed by atoms with E-state index in [0.29, 0.717) is 34.7 Å². The molecule has 3 aromatic rings. The molecule has 1 amide bonds. The number of carbonyl (C=O) groups is 1. The van der Waals surface area contributed by atoms with E-state index < -0.39 is 0 Å². The summed E-state index contributed by atoms with van der Waals surface area (Å²) < 4.78 is 1.63. The number of nitrogens with zero attached hydrogens (tertiary/aromatic N) is 3. The Kier molecular flexibility index (Phi) is 3.57. The predicted octanol–water partition coefficient (Wildman–Crippen LogP) is 1.000. The van der Waals surface area contributed by atoms with Gasteiger partial charge in [-0.05, 0) is 32.0 Å². The summed E-state index contributed by atoms with van der Waals surface area (Å²) in [5.74, 6) is -0.0871. The fourth-order valence-electron chi connectivity index (χ4n) is 3.40. The number of aromatic amines is 1. The van der Waals surface area contributed by atoms with E-state index in [-0.39, 0.29) is 11.5 Å². The molecule has 24 heavy (non-hydrogen) atoms. The van der Waals surface area contributed by atoms with Crippen molar-refractivity contribution in [2.45, 2.75) is 18.9 Å². The van der Waals surface area contributed by atoms with Gasteiger partial charge in [-0.3, -0.25) is 9.59 Å². The van der Waals surface area contributed by atoms with E-state index in [1.165, 1.54) is 0 Å². The number of para-hydroxylation sites is 1. The highest BCUT2D eigenvalue weighted by Crippen LogP contribution is 2.18. The number of likely N-dealkylation sites (tertiary alicyclic amines) is 1. The van der Waals surface area contributed by atoms with Gasteiger partial charge in [0.15, 0.2) is 0 Å². The zero-order valence-electron chi connectivity index (χ0n) is 13.5. The van der Waals surface area contributed by atoms with Crippen LogP contribution in [0.4, 0.5) is 0 Å². The Bertz CT molecular complexity index is 974. The minimum absolute atomic E-state index is 0.0871. The molecule has 0 spiro atoms. The van der Waals surface area contributed by atoms with Crippen LogP contribution in [-0.2, 0) is 0 Å². The summed E-state index contributed by atoms with van der Waals surface area (Å²) in [4.78, 5) is 29.9. The Hall–Kier alpha value is -2.67. The number of hydrogen-bond donors (Lipinski definition) is 2. The highest BCUT2D eigenvalue weighted by molar-refractivity contribution is 6.00. The molecule has 1 aliphatic rings. The maximum atomic E-state index is 12.9. The maximum Gasteiger partial charge on any atom is 0.259 e. The lowest BCUT2D eigenvalue weighted by atomic mass is 10.1. The van der Waals surface area contributed by atoms with Gasteiger partial charge in [0.1, 0.15) is 11.2 Å². The van der Waals surface area contributed by atoms with Crippen LogP contribution in [0.15, 0.2) is 35.3 Å². The molecule has 124 valence electrons. The first-order chi connectivity index (χ1) is 11.7. The van der Waals surface area contributed by atoms with Crippen LogP contribution in [-0.4, -0.2) is 51.6 Å². The average Bonchev–Trinajstić information content (AvgIpc) is 3.05. The van der Waals surface area contributed by atoms with E-state index in [9.17, 15) is 9.59 Å². The molecule has 0 aliphatic carbocycles. The van der Waals surface area contributed by atoms with Crippen LogP contribution in [0, 0.1) is 0 Å². The third-order valence-electron chi connectivity index (χ3n) is 4.73. The van der Waals surface area contributed by atoms with Crippen LogP contribution < -0.4 is 10.9 Å². The van der Waals surface area contributed by atoms with Crippen LogP contribution >= 0.6 is 0 Å². The lowest BCUT2D eigenvalue weighted by molar-refractivity contribution is 0.0700. The fraction of sp³-hybridized carbons (Fsp3) is 0.353. The number of aromatic nitrogens is 3. The van der Waals surface area contributed by atoms with Gasteiger partial charge in [0.2, 0.25) is 0 Å². The summed E-state index contributed by atoms with van der Waals surface area (Å²) in [5.41, 5.74) is 1.38. The summed E-state index contributed by atoms with van der Waals surface area (Å²) in [6, 6.07) is 7.55. The molecule has 3 heterocycles. The second-order valence-electron chi connectivity index (χ2n) is 6.17. The van der Waals surface area contributed by atoms with Gasteiger partial charge in [-0.1, -0.05) is 12.1 Å². The smallest absolute Gasteiger partial charge is 0.259 e. The number of hydrogen-bond acceptors (Lipinski definition) is 4. The van der Waals surface area contributed by atoms with Gasteiger partial charge in [0, 0.05) is 19.1 Å². The minimum Gasteiger partial charge on any atom is -0.337 e. The molecule has 1 unspecified atom stereocenters. The number of H-pyrrole nitrogens is 1. The number of benzene rings is 1. The van der Waals surface area contributed by atoms with E-state index in [1.54, 1.807) is 16.8 Å². The van der Waals surface area contributed by atoms with Crippen molar-refractivity contribution >= 4 is 22.5 Å². The Morgan fingerprint density at radius 2 is 2.21 bits per heavy atom. The first-order valence-corrected chi connectivity index (χ1v) is 8.14. The predicted molar refractivity (Wildman–Crippen MR) is 91.3 cm³/mol. The summed E-state index contributed by atoms with van der Waals surface area (Å²) in [7, 11) is 1.91. The highest BCUT2D eigenvalue weighted by Gasteiger charge is 2.26. The Labute approximate surface area is 138 Å². The van der Waals surface area contributed by atoms with Crippen molar-refractivity contribution in [3.63, 3.8) is 0 Å². The van der Waals surface area contributed by atoms with Gasteiger partial charge in [-0.15, -0.1) is 0 Å². The van der Waals surface area contributed by atoms with E-state index >= 15 is 0 Å². The van der Waals surface area contributed by atoms with Gasteiger partial charge < -0.3 is 15.2 Å². The molecule has 1 atom stereocenters. The summed E-state index contributed by atoms with van der Waals surface area (Å²) in [6.07, 6.45) is 3.58. The quantitative estimate of drug-likeness (QED) is 0.736. The monoisotopic (exact) mass is 325 g/mol. The highest BCUT2D eigenvalue weighted by atomic mass is 16.2. The van der Waals surface area contributed by atoms with Crippen molar-refractivity contribution in [3.8, 4) is 0 Å². The standard InChI is InChI=1S/C17H19N5O2/c1-18-11-5-4-8-21(10-11)17(24)13-9-19-22-14-7-3-2-6-12(14)16(23)20-15(13)22/h2-3,6-7,9,11,18H,4-5,8,10H2,1H3,(H,20,23). The molecule has 1 aromatic carbocycles. The van der Waals surface area contributed by atoms with Gasteiger partial charge in [0.05, 0.1) is 17.1 Å². The fourth-order valence-corrected chi connectivity index (χ4v) is 3.40. The zero-order chi connectivity index (χ0) is 16.7. The second-order valence-corrected chi connectivity index (χ2v) is 6.17. The lowest BCUT2D eigenvalue weighted by Gasteiger charge is -2.32. The van der Waals surface area contributed by atoms with Crippen molar-refractivity contribution in [1.29, 1.82) is 0 Å². The topological polar surface area (TPSA) is 82.5 Å². The first kappa shape index (κ1) is 14.9. The van der Waals surface area contributed by atoms with Crippen LogP contribution in [0.25, 0.3) is 16.6 Å². The van der Waals surface area contributed by atoms with Gasteiger partial charge in [-0.25, -0.2) is 4.52 Å². The van der Waals surface area contributed by atoms with Gasteiger partial charge >= 0.3 is 0 Å². The Morgan fingerprint density at radius 3 is 3.04 bits per heavy atom. The van der Waals surface area contributed by atoms with E-state index in [1.807, 2.05) is 30.1 Å². The largest absolute Gasteiger partial charge is 0.337 e. The SMILES string of the molecule is CNC1CCCN(C(=O)c2cnn3c2[nH]c(=O)c2ccccc23)C1. The number of nitrogens with one attached hydrogen (secondary N) is 2. The number of piperidine rings is 1. The molecule has 1 fully saturated rings. The second kappa shape index (κ2) is 5.76. The molecule has 0 bridgehead atoms. The van der Waals surface area contributed by atoms with E-state index in [2.05, 4.69) is 15.4 Å². The Balaban J connectivity index is 1.80. The molecule has 7 nitrogen and oxygen atoms in total. The van der Waals surface area contributed by atoms with Crippen molar-refractivity contribution < 1.29 is 4.79 Å². The van der Waals surface area contributed by atoms with Gasteiger partial charge in [0.25, 0.3) is 11.5 Å². The van der Waals surface area contributed by atoms with Crippen molar-refractivity contribution in [2.24, 2.45) is 0 Å². The van der Waals surface area contributed by atoms with Crippen molar-refractivity contribution in [3.05, 3.63) is 46.4 Å². The lowest BCUT2D eigenvalue weighted by Crippen LogP contribution is -2.47. The summed E-state index contributed by atoms with van der Waals surface area (Å²) in [5, 5.41) is 8.11. The molecule has 4 rings (SSSR count). The Morgan fingerprint density at radius 1 is 1.38 bits per heavy atom. The molecular weight excluding hydrogens is 306 g/mol. The van der Waals surface area contributed by atoms with Crippen LogP contribution in [0.1, 0.15) is 23.2 Å². The molecule has 0 saturated carbocycles. The molecule has 2 aromatic heterocycles. The third kappa shape index (κ3) is 2.28. The third-order valence-corrected chi connectivity index (χ3v) is 4.73. The molecule has 1 saturated heterocycles. The maximum absolute atomic E-state index is 12.9. The number of likely N-dealkylation sites (N-methyl/N-ethyl adjacent to an activating group) is 1. The number of fused-ring (bicyclic) bond motifs is 3. The summed E-state index contributed by atoms with van der Waals surface area (Å²) >= 11 is 0. The molecule has 1 aliphatic heterocycles. The number of carbonyl (C=O) groups excluding carboxylic acids is 1. The number of amides is 1. The molecular formula is C17H19N5O2. The van der Waals surface area contributed by atoms with Crippen LogP contribution in [0.2, 0.25) is 0 Å². The summed E-state index contributed by atoms with van der Waals surface area (Å²) in [6.45, 7) is 1.40. The first-order valence-electron chi connectivity index (χ1n) is 8.14. The molecule has 0 radical (unpaired) electrons. The average molecular weight is 325 g/mol. The van der Waals surface area contributed by atoms with Gasteiger partial charge in [-0.2, -0.15) is 5.10 Å². The zero-order valence-corrected chi connectivity index (χ0v) is 13.5. The minimum atomic E-state index is -0.209. The molecule has 2 N–H and O–H groups in total. The van der Waals surface area contributed by atoms with E-state index in [4.69, 9.17) is 0 Å². The number of rotatable bonds is 2. The molecule has 7 heteroatoms. The van der Waals surface area contributed by atoms with Crippen LogP contribution in [0.5, 0.6) is 0 Å². The van der Waals surface area contributed by atoms with Crippen LogP contribution in [0.3, 0.4) is 0 Å². The van der Waals surface area contributed by atoms with Crippen molar-refractivity contribution in [1.82, 2.24) is 24.8 Å².